The van der Waals surface area contributed by atoms with Crippen molar-refractivity contribution in [3.8, 4) is 0 Å². The van der Waals surface area contributed by atoms with Crippen LogP contribution < -0.4 is 5.32 Å². The molecule has 0 spiro atoms. The minimum atomic E-state index is 0.385. The average Bonchev–Trinajstić information content (AvgIpc) is 2.56. The van der Waals surface area contributed by atoms with Gasteiger partial charge in [0.15, 0.2) is 0 Å². The van der Waals surface area contributed by atoms with Gasteiger partial charge in [-0.3, -0.25) is 0 Å². The second kappa shape index (κ2) is 6.31. The van der Waals surface area contributed by atoms with Crippen LogP contribution >= 0.6 is 22.9 Å². The Labute approximate surface area is 101 Å². The van der Waals surface area contributed by atoms with Crippen LogP contribution in [0.4, 0.5) is 0 Å². The first kappa shape index (κ1) is 12.8. The lowest BCUT2D eigenvalue weighted by Gasteiger charge is -2.14. The van der Waals surface area contributed by atoms with Gasteiger partial charge in [-0.05, 0) is 44.2 Å². The van der Waals surface area contributed by atoms with Crippen LogP contribution in [-0.4, -0.2) is 7.05 Å². The number of halogens is 1. The Morgan fingerprint density at radius 2 is 2.40 bits per heavy atom. The van der Waals surface area contributed by atoms with Gasteiger partial charge in [0.25, 0.3) is 0 Å². The zero-order valence-corrected chi connectivity index (χ0v) is 10.9. The Bertz CT molecular complexity index is 319. The third kappa shape index (κ3) is 3.33. The van der Waals surface area contributed by atoms with Crippen molar-refractivity contribution in [2.75, 3.05) is 7.05 Å². The molecule has 1 rings (SSSR count). The molecule has 0 aliphatic rings. The Morgan fingerprint density at radius 3 is 2.87 bits per heavy atom. The lowest BCUT2D eigenvalue weighted by atomic mass is 10.1. The van der Waals surface area contributed by atoms with Gasteiger partial charge >= 0.3 is 0 Å². The molecule has 0 bridgehead atoms. The lowest BCUT2D eigenvalue weighted by molar-refractivity contribution is 0.538. The minimum absolute atomic E-state index is 0.385. The van der Waals surface area contributed by atoms with Crippen molar-refractivity contribution < 1.29 is 0 Å². The van der Waals surface area contributed by atoms with Crippen molar-refractivity contribution in [1.29, 1.82) is 0 Å². The summed E-state index contributed by atoms with van der Waals surface area (Å²) in [6.07, 6.45) is 5.30. The number of unbranched alkanes of at least 4 members (excludes halogenated alkanes) is 1. The molecule has 0 fully saturated rings. The molecule has 0 aliphatic heterocycles. The predicted molar refractivity (Wildman–Crippen MR) is 69.9 cm³/mol. The third-order valence-electron chi connectivity index (χ3n) is 2.49. The van der Waals surface area contributed by atoms with Crippen LogP contribution in [0.5, 0.6) is 0 Å². The first-order valence-corrected chi connectivity index (χ1v) is 6.48. The number of allylic oxidation sites excluding steroid dienone is 1. The molecule has 84 valence electrons. The highest BCUT2D eigenvalue weighted by molar-refractivity contribution is 7.10. The van der Waals surface area contributed by atoms with Gasteiger partial charge in [0, 0.05) is 10.9 Å². The van der Waals surface area contributed by atoms with Crippen LogP contribution in [0.2, 0.25) is 5.02 Å². The molecule has 1 aromatic rings. The van der Waals surface area contributed by atoms with E-state index in [1.165, 1.54) is 10.4 Å². The van der Waals surface area contributed by atoms with Crippen LogP contribution in [0.15, 0.2) is 18.0 Å². The van der Waals surface area contributed by atoms with Gasteiger partial charge in [0.2, 0.25) is 0 Å². The van der Waals surface area contributed by atoms with Crippen molar-refractivity contribution in [1.82, 2.24) is 5.32 Å². The Balaban J connectivity index is 2.65. The molecule has 1 N–H and O–H groups in total. The highest BCUT2D eigenvalue weighted by Gasteiger charge is 2.15. The zero-order chi connectivity index (χ0) is 11.3. The molecule has 15 heavy (non-hydrogen) atoms. The molecular weight excluding hydrogens is 226 g/mol. The molecule has 1 unspecified atom stereocenters. The van der Waals surface area contributed by atoms with Gasteiger partial charge in [0.05, 0.1) is 5.02 Å². The van der Waals surface area contributed by atoms with Gasteiger partial charge in [-0.25, -0.2) is 0 Å². The molecule has 1 atom stereocenters. The summed E-state index contributed by atoms with van der Waals surface area (Å²) in [4.78, 5) is 1.26. The van der Waals surface area contributed by atoms with Crippen LogP contribution in [0.25, 0.3) is 0 Å². The fourth-order valence-corrected chi connectivity index (χ4v) is 3.03. The van der Waals surface area contributed by atoms with Crippen LogP contribution in [-0.2, 0) is 0 Å². The number of hydrogen-bond donors (Lipinski definition) is 1. The third-order valence-corrected chi connectivity index (χ3v) is 4.32. The minimum Gasteiger partial charge on any atom is -0.312 e. The number of aryl methyl sites for hydroxylation is 1. The molecule has 1 nitrogen and oxygen atoms in total. The smallest absolute Gasteiger partial charge is 0.0590 e. The Kier molecular flexibility index (Phi) is 5.37. The zero-order valence-electron chi connectivity index (χ0n) is 9.35. The molecule has 0 aliphatic carbocycles. The quantitative estimate of drug-likeness (QED) is 0.579. The van der Waals surface area contributed by atoms with Crippen molar-refractivity contribution in [3.63, 3.8) is 0 Å². The van der Waals surface area contributed by atoms with Crippen LogP contribution in [0.1, 0.15) is 35.7 Å². The van der Waals surface area contributed by atoms with E-state index in [1.54, 1.807) is 11.3 Å². The normalized spacial score (nSPS) is 12.7. The van der Waals surface area contributed by atoms with E-state index in [1.807, 2.05) is 13.1 Å². The first-order valence-electron chi connectivity index (χ1n) is 5.22. The summed E-state index contributed by atoms with van der Waals surface area (Å²) in [5.74, 6) is 0. The maximum atomic E-state index is 6.25. The first-order chi connectivity index (χ1) is 7.20. The maximum absolute atomic E-state index is 6.25. The summed E-state index contributed by atoms with van der Waals surface area (Å²) in [7, 11) is 1.99. The molecule has 1 heterocycles. The summed E-state index contributed by atoms with van der Waals surface area (Å²) in [5.41, 5.74) is 1.18. The van der Waals surface area contributed by atoms with Gasteiger partial charge in [-0.15, -0.1) is 17.9 Å². The molecule has 3 heteroatoms. The SMILES string of the molecule is C=CCCCC(NC)c1scc(C)c1Cl. The summed E-state index contributed by atoms with van der Waals surface area (Å²) in [5, 5.41) is 6.37. The van der Waals surface area contributed by atoms with Gasteiger partial charge in [-0.2, -0.15) is 0 Å². The molecule has 0 aromatic carbocycles. The van der Waals surface area contributed by atoms with Crippen molar-refractivity contribution >= 4 is 22.9 Å². The highest BCUT2D eigenvalue weighted by atomic mass is 35.5. The van der Waals surface area contributed by atoms with Crippen LogP contribution in [0.3, 0.4) is 0 Å². The average molecular weight is 244 g/mol. The van der Waals surface area contributed by atoms with E-state index in [4.69, 9.17) is 11.6 Å². The van der Waals surface area contributed by atoms with E-state index in [0.717, 1.165) is 24.3 Å². The number of thiophene rings is 1. The molecule has 0 amide bonds. The van der Waals surface area contributed by atoms with Crippen LogP contribution in [0, 0.1) is 6.92 Å². The van der Waals surface area contributed by atoms with E-state index in [2.05, 4.69) is 24.2 Å². The number of hydrogen-bond acceptors (Lipinski definition) is 2. The predicted octanol–water partition coefficient (Wildman–Crippen LogP) is 4.33. The number of nitrogens with one attached hydrogen (secondary N) is 1. The fraction of sp³-hybridized carbons (Fsp3) is 0.500. The van der Waals surface area contributed by atoms with Crippen molar-refractivity contribution in [3.05, 3.63) is 33.5 Å². The monoisotopic (exact) mass is 243 g/mol. The van der Waals surface area contributed by atoms with E-state index in [9.17, 15) is 0 Å². The summed E-state index contributed by atoms with van der Waals surface area (Å²) >= 11 is 7.99. The van der Waals surface area contributed by atoms with E-state index >= 15 is 0 Å². The van der Waals surface area contributed by atoms with Gasteiger partial charge in [-0.1, -0.05) is 17.7 Å². The van der Waals surface area contributed by atoms with E-state index in [0.29, 0.717) is 6.04 Å². The second-order valence-electron chi connectivity index (χ2n) is 3.66. The Morgan fingerprint density at radius 1 is 1.67 bits per heavy atom. The highest BCUT2D eigenvalue weighted by Crippen LogP contribution is 2.34. The maximum Gasteiger partial charge on any atom is 0.0590 e. The van der Waals surface area contributed by atoms with E-state index in [-0.39, 0.29) is 0 Å². The summed E-state index contributed by atoms with van der Waals surface area (Å²) in [6, 6.07) is 0.385. The number of rotatable bonds is 6. The lowest BCUT2D eigenvalue weighted by Crippen LogP contribution is -2.15. The molecule has 0 saturated heterocycles. The second-order valence-corrected chi connectivity index (χ2v) is 4.95. The molecular formula is C12H18ClNS. The molecule has 1 aromatic heterocycles. The van der Waals surface area contributed by atoms with Crippen molar-refractivity contribution in [2.24, 2.45) is 0 Å². The topological polar surface area (TPSA) is 12.0 Å². The standard InChI is InChI=1S/C12H18ClNS/c1-4-5-6-7-10(14-3)12-11(13)9(2)8-15-12/h4,8,10,14H,1,5-7H2,2-3H3. The van der Waals surface area contributed by atoms with Crippen molar-refractivity contribution in [2.45, 2.75) is 32.2 Å². The van der Waals surface area contributed by atoms with E-state index < -0.39 is 0 Å². The summed E-state index contributed by atoms with van der Waals surface area (Å²) < 4.78 is 0. The summed E-state index contributed by atoms with van der Waals surface area (Å²) in [6.45, 7) is 5.79. The largest absolute Gasteiger partial charge is 0.312 e. The van der Waals surface area contributed by atoms with Gasteiger partial charge in [0.1, 0.15) is 0 Å². The fourth-order valence-electron chi connectivity index (χ4n) is 1.56. The molecule has 0 saturated carbocycles. The Hall–Kier alpha value is -0.310. The molecule has 0 radical (unpaired) electrons. The van der Waals surface area contributed by atoms with Gasteiger partial charge < -0.3 is 5.32 Å².